The molecule has 2 nitrogen and oxygen atoms in total. The van der Waals surface area contributed by atoms with Gasteiger partial charge in [0.25, 0.3) is 0 Å². The van der Waals surface area contributed by atoms with Crippen LogP contribution in [0.2, 0.25) is 0 Å². The highest BCUT2D eigenvalue weighted by Gasteiger charge is 2.23. The van der Waals surface area contributed by atoms with Gasteiger partial charge in [0.1, 0.15) is 0 Å². The third kappa shape index (κ3) is 3.43. The van der Waals surface area contributed by atoms with E-state index in [1.165, 1.54) is 6.42 Å². The lowest BCUT2D eigenvalue weighted by molar-refractivity contribution is 0.216. The molecule has 0 radical (unpaired) electrons. The third-order valence-electron chi connectivity index (χ3n) is 3.18. The second-order valence-electron chi connectivity index (χ2n) is 5.15. The fourth-order valence-corrected chi connectivity index (χ4v) is 2.82. The van der Waals surface area contributed by atoms with Crippen LogP contribution in [0.3, 0.4) is 0 Å². The second-order valence-corrected chi connectivity index (χ2v) is 5.53. The average molecular weight is 248 g/mol. The number of anilines is 1. The molecule has 92 valence electrons. The van der Waals surface area contributed by atoms with Crippen LogP contribution in [0.25, 0.3) is 0 Å². The predicted octanol–water partition coefficient (Wildman–Crippen LogP) is 3.36. The Morgan fingerprint density at radius 1 is 1.18 bits per heavy atom. The van der Waals surface area contributed by atoms with Crippen LogP contribution in [-0.2, 0) is 0 Å². The zero-order valence-corrected chi connectivity index (χ0v) is 11.3. The molecule has 17 heavy (non-hydrogen) atoms. The Hall–Kier alpha value is -1.09. The van der Waals surface area contributed by atoms with E-state index in [0.29, 0.717) is 0 Å². The summed E-state index contributed by atoms with van der Waals surface area (Å²) in [6, 6.07) is 10.1. The number of hydrogen-bond donors (Lipinski definition) is 1. The summed E-state index contributed by atoms with van der Waals surface area (Å²) in [6.07, 6.45) is 1.31. The molecule has 1 heterocycles. The van der Waals surface area contributed by atoms with Crippen molar-refractivity contribution in [1.82, 2.24) is 4.90 Å². The topological polar surface area (TPSA) is 15.3 Å². The van der Waals surface area contributed by atoms with Crippen molar-refractivity contribution in [3.63, 3.8) is 0 Å². The SMILES string of the molecule is C[C@@H]1C[C@@H](C)CN(C(=S)Nc2ccccc2)C1. The van der Waals surface area contributed by atoms with Crippen LogP contribution in [0.4, 0.5) is 5.69 Å². The van der Waals surface area contributed by atoms with Gasteiger partial charge in [-0.15, -0.1) is 0 Å². The normalized spacial score (nSPS) is 24.5. The van der Waals surface area contributed by atoms with Gasteiger partial charge in [-0.3, -0.25) is 0 Å². The van der Waals surface area contributed by atoms with Gasteiger partial charge in [0.2, 0.25) is 0 Å². The minimum absolute atomic E-state index is 0.731. The van der Waals surface area contributed by atoms with Crippen LogP contribution < -0.4 is 5.32 Å². The molecule has 0 amide bonds. The zero-order valence-electron chi connectivity index (χ0n) is 10.5. The molecule has 3 heteroatoms. The Kier molecular flexibility index (Phi) is 4.00. The first-order valence-electron chi connectivity index (χ1n) is 6.26. The number of rotatable bonds is 1. The number of thiocarbonyl (C=S) groups is 1. The molecule has 0 bridgehead atoms. The molecular formula is C14H20N2S. The minimum Gasteiger partial charge on any atom is -0.348 e. The Morgan fingerprint density at radius 2 is 1.76 bits per heavy atom. The quantitative estimate of drug-likeness (QED) is 0.767. The molecule has 0 saturated carbocycles. The van der Waals surface area contributed by atoms with E-state index < -0.39 is 0 Å². The second kappa shape index (κ2) is 5.50. The fourth-order valence-electron chi connectivity index (χ4n) is 2.55. The summed E-state index contributed by atoms with van der Waals surface area (Å²) >= 11 is 5.48. The van der Waals surface area contributed by atoms with Gasteiger partial charge in [0, 0.05) is 18.8 Å². The molecule has 2 rings (SSSR count). The van der Waals surface area contributed by atoms with Crippen molar-refractivity contribution >= 4 is 23.0 Å². The summed E-state index contributed by atoms with van der Waals surface area (Å²) in [5.41, 5.74) is 1.07. The van der Waals surface area contributed by atoms with E-state index in [9.17, 15) is 0 Å². The van der Waals surface area contributed by atoms with E-state index in [2.05, 4.69) is 24.1 Å². The van der Waals surface area contributed by atoms with Gasteiger partial charge in [-0.05, 0) is 42.6 Å². The molecule has 1 fully saturated rings. The number of piperidine rings is 1. The number of para-hydroxylation sites is 1. The maximum absolute atomic E-state index is 5.48. The van der Waals surface area contributed by atoms with E-state index in [4.69, 9.17) is 12.2 Å². The van der Waals surface area contributed by atoms with E-state index in [0.717, 1.165) is 35.7 Å². The van der Waals surface area contributed by atoms with Crippen LogP contribution in [0.1, 0.15) is 20.3 Å². The predicted molar refractivity (Wildman–Crippen MR) is 77.2 cm³/mol. The van der Waals surface area contributed by atoms with Crippen molar-refractivity contribution in [3.05, 3.63) is 30.3 Å². The van der Waals surface area contributed by atoms with Crippen molar-refractivity contribution in [3.8, 4) is 0 Å². The van der Waals surface area contributed by atoms with Gasteiger partial charge in [0.15, 0.2) is 5.11 Å². The first-order valence-corrected chi connectivity index (χ1v) is 6.67. The van der Waals surface area contributed by atoms with Crippen molar-refractivity contribution < 1.29 is 0 Å². The molecule has 1 saturated heterocycles. The van der Waals surface area contributed by atoms with Gasteiger partial charge in [-0.2, -0.15) is 0 Å². The molecule has 0 unspecified atom stereocenters. The highest BCUT2D eigenvalue weighted by molar-refractivity contribution is 7.80. The summed E-state index contributed by atoms with van der Waals surface area (Å²) in [5.74, 6) is 1.46. The lowest BCUT2D eigenvalue weighted by atomic mass is 9.92. The molecule has 0 aliphatic carbocycles. The number of hydrogen-bond acceptors (Lipinski definition) is 1. The maximum atomic E-state index is 5.48. The Bertz CT molecular complexity index is 367. The average Bonchev–Trinajstić information content (AvgIpc) is 2.29. The van der Waals surface area contributed by atoms with Crippen LogP contribution >= 0.6 is 12.2 Å². The monoisotopic (exact) mass is 248 g/mol. The minimum atomic E-state index is 0.731. The van der Waals surface area contributed by atoms with Crippen molar-refractivity contribution in [2.45, 2.75) is 20.3 Å². The van der Waals surface area contributed by atoms with Gasteiger partial charge in [-0.25, -0.2) is 0 Å². The Morgan fingerprint density at radius 3 is 2.35 bits per heavy atom. The van der Waals surface area contributed by atoms with Crippen LogP contribution in [0.15, 0.2) is 30.3 Å². The number of likely N-dealkylation sites (tertiary alicyclic amines) is 1. The van der Waals surface area contributed by atoms with Crippen LogP contribution in [0.5, 0.6) is 0 Å². The molecule has 1 aliphatic heterocycles. The maximum Gasteiger partial charge on any atom is 0.173 e. The van der Waals surface area contributed by atoms with Crippen LogP contribution in [-0.4, -0.2) is 23.1 Å². The number of nitrogens with one attached hydrogen (secondary N) is 1. The highest BCUT2D eigenvalue weighted by atomic mass is 32.1. The van der Waals surface area contributed by atoms with E-state index in [1.807, 2.05) is 30.3 Å². The molecule has 1 aromatic carbocycles. The summed E-state index contributed by atoms with van der Waals surface area (Å²) in [7, 11) is 0. The Balaban J connectivity index is 1.96. The van der Waals surface area contributed by atoms with Gasteiger partial charge < -0.3 is 10.2 Å². The molecule has 1 aliphatic rings. The van der Waals surface area contributed by atoms with Crippen LogP contribution in [0, 0.1) is 11.8 Å². The third-order valence-corrected chi connectivity index (χ3v) is 3.54. The Labute approximate surface area is 109 Å². The summed E-state index contributed by atoms with van der Waals surface area (Å²) in [6.45, 7) is 6.74. The standard InChI is InChI=1S/C14H20N2S/c1-11-8-12(2)10-16(9-11)14(17)15-13-6-4-3-5-7-13/h3-7,11-12H,8-10H2,1-2H3,(H,15,17)/t11-,12-/m1/s1. The lowest BCUT2D eigenvalue weighted by Gasteiger charge is -2.36. The van der Waals surface area contributed by atoms with E-state index >= 15 is 0 Å². The van der Waals surface area contributed by atoms with Crippen molar-refractivity contribution in [2.75, 3.05) is 18.4 Å². The molecule has 0 spiro atoms. The highest BCUT2D eigenvalue weighted by Crippen LogP contribution is 2.21. The fraction of sp³-hybridized carbons (Fsp3) is 0.500. The van der Waals surface area contributed by atoms with Gasteiger partial charge >= 0.3 is 0 Å². The lowest BCUT2D eigenvalue weighted by Crippen LogP contribution is -2.44. The first-order chi connectivity index (χ1) is 8.15. The molecule has 1 aromatic rings. The first kappa shape index (κ1) is 12.4. The smallest absolute Gasteiger partial charge is 0.173 e. The van der Waals surface area contributed by atoms with Crippen molar-refractivity contribution in [2.24, 2.45) is 11.8 Å². The summed E-state index contributed by atoms with van der Waals surface area (Å²) in [4.78, 5) is 2.29. The summed E-state index contributed by atoms with van der Waals surface area (Å²) < 4.78 is 0. The molecule has 2 atom stereocenters. The van der Waals surface area contributed by atoms with E-state index in [-0.39, 0.29) is 0 Å². The molecular weight excluding hydrogens is 228 g/mol. The summed E-state index contributed by atoms with van der Waals surface area (Å²) in [5, 5.41) is 4.17. The number of benzene rings is 1. The molecule has 1 N–H and O–H groups in total. The number of nitrogens with zero attached hydrogens (tertiary/aromatic N) is 1. The zero-order chi connectivity index (χ0) is 12.3. The van der Waals surface area contributed by atoms with Gasteiger partial charge in [-0.1, -0.05) is 32.0 Å². The van der Waals surface area contributed by atoms with Crippen molar-refractivity contribution in [1.29, 1.82) is 0 Å². The largest absolute Gasteiger partial charge is 0.348 e. The van der Waals surface area contributed by atoms with Gasteiger partial charge in [0.05, 0.1) is 0 Å². The molecule has 0 aromatic heterocycles. The van der Waals surface area contributed by atoms with E-state index in [1.54, 1.807) is 0 Å².